The first-order valence-electron chi connectivity index (χ1n) is 9.96. The summed E-state index contributed by atoms with van der Waals surface area (Å²) in [5.74, 6) is 0. The molecule has 1 unspecified atom stereocenters. The maximum Gasteiger partial charge on any atom is 0.0516 e. The summed E-state index contributed by atoms with van der Waals surface area (Å²) in [6.45, 7) is 2.39. The van der Waals surface area contributed by atoms with E-state index in [0.29, 0.717) is 0 Å². The van der Waals surface area contributed by atoms with Crippen LogP contribution < -0.4 is 0 Å². The molecule has 0 radical (unpaired) electrons. The summed E-state index contributed by atoms with van der Waals surface area (Å²) in [5.41, 5.74) is 9.11. The molecule has 28 heavy (non-hydrogen) atoms. The second kappa shape index (κ2) is 5.59. The minimum Gasteiger partial charge on any atom is -0.354 e. The van der Waals surface area contributed by atoms with Crippen LogP contribution in [0.1, 0.15) is 24.5 Å². The molecule has 0 amide bonds. The summed E-state index contributed by atoms with van der Waals surface area (Å²) in [6, 6.07) is 22.1. The highest BCUT2D eigenvalue weighted by Gasteiger charge is 2.43. The standard InChI is InChI=1S/C27H21N/c1-27(18-10-4-2-3-5-11-18)23-14-8-6-12-19(23)21-16-17-22-20-13-7-9-15-24(20)28-26(22)25(21)27/h2,4-17,28H,3H2,1H3. The number of fused-ring (bicyclic) bond motifs is 7. The lowest BCUT2D eigenvalue weighted by Gasteiger charge is -2.29. The van der Waals surface area contributed by atoms with Crippen molar-refractivity contribution in [3.8, 4) is 11.1 Å². The molecule has 1 N–H and O–H groups in total. The van der Waals surface area contributed by atoms with Crippen LogP contribution in [0.15, 0.2) is 96.6 Å². The highest BCUT2D eigenvalue weighted by atomic mass is 14.7. The number of benzene rings is 3. The van der Waals surface area contributed by atoms with E-state index in [-0.39, 0.29) is 5.41 Å². The van der Waals surface area contributed by atoms with Crippen LogP contribution in [0.5, 0.6) is 0 Å². The quantitative estimate of drug-likeness (QED) is 0.375. The Kier molecular flexibility index (Phi) is 3.14. The number of para-hydroxylation sites is 1. The molecule has 0 fully saturated rings. The van der Waals surface area contributed by atoms with Crippen molar-refractivity contribution in [2.75, 3.05) is 0 Å². The van der Waals surface area contributed by atoms with Crippen LogP contribution >= 0.6 is 0 Å². The molecule has 1 heteroatoms. The van der Waals surface area contributed by atoms with Gasteiger partial charge in [-0.15, -0.1) is 0 Å². The molecule has 0 aliphatic heterocycles. The van der Waals surface area contributed by atoms with Crippen molar-refractivity contribution >= 4 is 21.8 Å². The van der Waals surface area contributed by atoms with Crippen LogP contribution in [-0.4, -0.2) is 4.98 Å². The van der Waals surface area contributed by atoms with Crippen molar-refractivity contribution in [1.82, 2.24) is 4.98 Å². The largest absolute Gasteiger partial charge is 0.354 e. The molecule has 3 aromatic carbocycles. The van der Waals surface area contributed by atoms with Crippen molar-refractivity contribution in [3.63, 3.8) is 0 Å². The van der Waals surface area contributed by atoms with Gasteiger partial charge in [-0.1, -0.05) is 85.0 Å². The topological polar surface area (TPSA) is 15.8 Å². The SMILES string of the molecule is CC1(C2=CC=CCC=C2)c2ccccc2-c2ccc3c([nH]c4ccccc43)c21. The number of H-pyrrole nitrogens is 1. The summed E-state index contributed by atoms with van der Waals surface area (Å²) in [5, 5.41) is 2.60. The lowest BCUT2D eigenvalue weighted by Crippen LogP contribution is -2.23. The van der Waals surface area contributed by atoms with Gasteiger partial charge >= 0.3 is 0 Å². The molecule has 1 heterocycles. The van der Waals surface area contributed by atoms with Gasteiger partial charge in [-0.25, -0.2) is 0 Å². The number of aromatic amines is 1. The molecule has 0 bridgehead atoms. The zero-order valence-electron chi connectivity index (χ0n) is 15.9. The molecule has 1 nitrogen and oxygen atoms in total. The molecule has 1 aromatic heterocycles. The molecule has 0 spiro atoms. The van der Waals surface area contributed by atoms with Gasteiger partial charge in [-0.3, -0.25) is 0 Å². The minimum absolute atomic E-state index is 0.183. The van der Waals surface area contributed by atoms with E-state index in [0.717, 1.165) is 6.42 Å². The number of allylic oxidation sites excluding steroid dienone is 6. The van der Waals surface area contributed by atoms with Gasteiger partial charge in [0.25, 0.3) is 0 Å². The number of aromatic nitrogens is 1. The average Bonchev–Trinajstić information content (AvgIpc) is 3.07. The summed E-state index contributed by atoms with van der Waals surface area (Å²) < 4.78 is 0. The van der Waals surface area contributed by atoms with E-state index >= 15 is 0 Å². The number of hydrogen-bond donors (Lipinski definition) is 1. The second-order valence-corrected chi connectivity index (χ2v) is 7.94. The highest BCUT2D eigenvalue weighted by Crippen LogP contribution is 2.55. The van der Waals surface area contributed by atoms with Crippen molar-refractivity contribution in [2.45, 2.75) is 18.8 Å². The van der Waals surface area contributed by atoms with E-state index < -0.39 is 0 Å². The predicted octanol–water partition coefficient (Wildman–Crippen LogP) is 7.05. The first kappa shape index (κ1) is 15.7. The normalized spacial score (nSPS) is 20.2. The van der Waals surface area contributed by atoms with E-state index in [2.05, 4.69) is 103 Å². The first-order chi connectivity index (χ1) is 13.8. The van der Waals surface area contributed by atoms with Crippen LogP contribution in [0.25, 0.3) is 32.9 Å². The van der Waals surface area contributed by atoms with E-state index in [4.69, 9.17) is 0 Å². The Hall–Kier alpha value is -3.32. The van der Waals surface area contributed by atoms with Crippen LogP contribution in [-0.2, 0) is 5.41 Å². The Morgan fingerprint density at radius 2 is 1.68 bits per heavy atom. The lowest BCUT2D eigenvalue weighted by molar-refractivity contribution is 0.717. The maximum absolute atomic E-state index is 3.75. The molecule has 2 aliphatic rings. The van der Waals surface area contributed by atoms with Gasteiger partial charge in [-0.05, 0) is 47.2 Å². The molecule has 2 aliphatic carbocycles. The monoisotopic (exact) mass is 359 g/mol. The van der Waals surface area contributed by atoms with Crippen molar-refractivity contribution in [3.05, 3.63) is 108 Å². The molecule has 4 aromatic rings. The van der Waals surface area contributed by atoms with E-state index in [1.165, 1.54) is 49.6 Å². The Balaban J connectivity index is 1.78. The van der Waals surface area contributed by atoms with Crippen LogP contribution in [0, 0.1) is 0 Å². The van der Waals surface area contributed by atoms with E-state index in [1.807, 2.05) is 0 Å². The smallest absolute Gasteiger partial charge is 0.0516 e. The molecular formula is C27H21N. The van der Waals surface area contributed by atoms with Crippen LogP contribution in [0.3, 0.4) is 0 Å². The van der Waals surface area contributed by atoms with Gasteiger partial charge in [0, 0.05) is 21.7 Å². The zero-order chi connectivity index (χ0) is 18.7. The molecule has 0 saturated carbocycles. The fourth-order valence-corrected chi connectivity index (χ4v) is 5.16. The van der Waals surface area contributed by atoms with Crippen molar-refractivity contribution in [1.29, 1.82) is 0 Å². The molecule has 0 saturated heterocycles. The Morgan fingerprint density at radius 1 is 0.821 bits per heavy atom. The fourth-order valence-electron chi connectivity index (χ4n) is 5.16. The number of hydrogen-bond acceptors (Lipinski definition) is 0. The second-order valence-electron chi connectivity index (χ2n) is 7.94. The Morgan fingerprint density at radius 3 is 2.64 bits per heavy atom. The number of rotatable bonds is 1. The highest BCUT2D eigenvalue weighted by molar-refractivity contribution is 6.11. The van der Waals surface area contributed by atoms with Crippen LogP contribution in [0.2, 0.25) is 0 Å². The molecule has 1 atom stereocenters. The fraction of sp³-hybridized carbons (Fsp3) is 0.111. The van der Waals surface area contributed by atoms with E-state index in [9.17, 15) is 0 Å². The summed E-state index contributed by atoms with van der Waals surface area (Å²) >= 11 is 0. The summed E-state index contributed by atoms with van der Waals surface area (Å²) in [6.07, 6.45) is 12.3. The molecule has 134 valence electrons. The predicted molar refractivity (Wildman–Crippen MR) is 119 cm³/mol. The molecular weight excluding hydrogens is 338 g/mol. The van der Waals surface area contributed by atoms with E-state index in [1.54, 1.807) is 0 Å². The third-order valence-electron chi connectivity index (χ3n) is 6.50. The third kappa shape index (κ3) is 1.91. The van der Waals surface area contributed by atoms with Gasteiger partial charge in [0.1, 0.15) is 0 Å². The van der Waals surface area contributed by atoms with Crippen molar-refractivity contribution < 1.29 is 0 Å². The Labute approximate surface area is 164 Å². The summed E-state index contributed by atoms with van der Waals surface area (Å²) in [7, 11) is 0. The van der Waals surface area contributed by atoms with Crippen LogP contribution in [0.4, 0.5) is 0 Å². The zero-order valence-corrected chi connectivity index (χ0v) is 15.9. The average molecular weight is 359 g/mol. The molecule has 6 rings (SSSR count). The minimum atomic E-state index is -0.183. The maximum atomic E-state index is 3.75. The first-order valence-corrected chi connectivity index (χ1v) is 9.96. The van der Waals surface area contributed by atoms with Crippen molar-refractivity contribution in [2.24, 2.45) is 0 Å². The third-order valence-corrected chi connectivity index (χ3v) is 6.50. The van der Waals surface area contributed by atoms with Gasteiger partial charge in [0.2, 0.25) is 0 Å². The summed E-state index contributed by atoms with van der Waals surface area (Å²) in [4.78, 5) is 3.75. The van der Waals surface area contributed by atoms with Gasteiger partial charge in [0.15, 0.2) is 0 Å². The lowest BCUT2D eigenvalue weighted by atomic mass is 9.73. The van der Waals surface area contributed by atoms with Gasteiger partial charge < -0.3 is 4.98 Å². The van der Waals surface area contributed by atoms with Gasteiger partial charge in [0.05, 0.1) is 5.52 Å². The Bertz CT molecular complexity index is 1350. The van der Waals surface area contributed by atoms with Gasteiger partial charge in [-0.2, -0.15) is 0 Å². The number of nitrogens with one attached hydrogen (secondary N) is 1.